The summed E-state index contributed by atoms with van der Waals surface area (Å²) in [6.45, 7) is 3.91. The summed E-state index contributed by atoms with van der Waals surface area (Å²) in [4.78, 5) is 12.8. The Kier molecular flexibility index (Phi) is 6.42. The van der Waals surface area contributed by atoms with Crippen molar-refractivity contribution in [2.45, 2.75) is 25.3 Å². The summed E-state index contributed by atoms with van der Waals surface area (Å²) in [5, 5.41) is 2.83. The van der Waals surface area contributed by atoms with Crippen molar-refractivity contribution in [2.75, 3.05) is 11.8 Å². The fourth-order valence-electron chi connectivity index (χ4n) is 3.00. The average molecular weight is 425 g/mol. The van der Waals surface area contributed by atoms with Crippen LogP contribution in [0.1, 0.15) is 27.0 Å². The van der Waals surface area contributed by atoms with Crippen molar-refractivity contribution < 1.29 is 17.9 Å². The molecule has 0 fully saturated rings. The quantitative estimate of drug-likeness (QED) is 0.599. The van der Waals surface area contributed by atoms with E-state index in [1.807, 2.05) is 37.3 Å². The minimum Gasteiger partial charge on any atom is -0.497 e. The zero-order chi connectivity index (χ0) is 21.7. The molecule has 2 N–H and O–H groups in total. The molecule has 0 spiro atoms. The number of sulfonamides is 1. The predicted molar refractivity (Wildman–Crippen MR) is 117 cm³/mol. The van der Waals surface area contributed by atoms with E-state index in [1.54, 1.807) is 44.4 Å². The molecule has 0 bridgehead atoms. The van der Waals surface area contributed by atoms with Crippen molar-refractivity contribution in [3.8, 4) is 5.75 Å². The van der Waals surface area contributed by atoms with Gasteiger partial charge in [-0.05, 0) is 66.9 Å². The van der Waals surface area contributed by atoms with E-state index in [9.17, 15) is 13.2 Å². The molecule has 1 amide bonds. The van der Waals surface area contributed by atoms with Gasteiger partial charge >= 0.3 is 0 Å². The molecule has 0 saturated carbocycles. The monoisotopic (exact) mass is 424 g/mol. The van der Waals surface area contributed by atoms with Gasteiger partial charge in [0.2, 0.25) is 0 Å². The van der Waals surface area contributed by atoms with Gasteiger partial charge in [-0.1, -0.05) is 30.3 Å². The maximum Gasteiger partial charge on any atom is 0.262 e. The Morgan fingerprint density at radius 2 is 1.73 bits per heavy atom. The predicted octanol–water partition coefficient (Wildman–Crippen LogP) is 4.04. The minimum atomic E-state index is -3.77. The highest BCUT2D eigenvalue weighted by atomic mass is 32.2. The highest BCUT2D eigenvalue weighted by molar-refractivity contribution is 7.92. The molecule has 3 aromatic rings. The number of nitrogens with one attached hydrogen (secondary N) is 2. The first-order chi connectivity index (χ1) is 14.3. The van der Waals surface area contributed by atoms with E-state index in [2.05, 4.69) is 10.0 Å². The summed E-state index contributed by atoms with van der Waals surface area (Å²) in [6.07, 6.45) is 0. The molecule has 6 nitrogen and oxygen atoms in total. The second-order valence-corrected chi connectivity index (χ2v) is 8.64. The highest BCUT2D eigenvalue weighted by Crippen LogP contribution is 2.21. The molecule has 0 aliphatic rings. The van der Waals surface area contributed by atoms with Crippen molar-refractivity contribution in [2.24, 2.45) is 0 Å². The Bertz CT molecular complexity index is 1170. The van der Waals surface area contributed by atoms with Crippen molar-refractivity contribution in [1.29, 1.82) is 0 Å². The number of hydrogen-bond donors (Lipinski definition) is 2. The van der Waals surface area contributed by atoms with E-state index >= 15 is 0 Å². The van der Waals surface area contributed by atoms with Crippen molar-refractivity contribution in [3.63, 3.8) is 0 Å². The number of benzene rings is 3. The van der Waals surface area contributed by atoms with Crippen LogP contribution < -0.4 is 14.8 Å². The summed E-state index contributed by atoms with van der Waals surface area (Å²) >= 11 is 0. The normalized spacial score (nSPS) is 11.0. The van der Waals surface area contributed by atoms with Gasteiger partial charge in [0.05, 0.1) is 12.0 Å². The van der Waals surface area contributed by atoms with Gasteiger partial charge in [-0.3, -0.25) is 9.52 Å². The molecule has 0 saturated heterocycles. The third-order valence-corrected chi connectivity index (χ3v) is 6.12. The van der Waals surface area contributed by atoms with E-state index < -0.39 is 10.0 Å². The lowest BCUT2D eigenvalue weighted by Crippen LogP contribution is -2.23. The van der Waals surface area contributed by atoms with Crippen LogP contribution in [0.25, 0.3) is 0 Å². The standard InChI is InChI=1S/C23H24N2O4S/c1-16-10-11-17(2)22(12-16)30(27,28)25-20-8-5-7-19(14-20)23(26)24-15-18-6-4-9-21(13-18)29-3/h4-14,25H,15H2,1-3H3,(H,24,26). The number of anilines is 1. The largest absolute Gasteiger partial charge is 0.497 e. The van der Waals surface area contributed by atoms with Crippen LogP contribution in [0, 0.1) is 13.8 Å². The third kappa shape index (κ3) is 5.18. The van der Waals surface area contributed by atoms with Gasteiger partial charge in [0, 0.05) is 17.8 Å². The topological polar surface area (TPSA) is 84.5 Å². The van der Waals surface area contributed by atoms with Crippen LogP contribution in [-0.2, 0) is 16.6 Å². The average Bonchev–Trinajstić information content (AvgIpc) is 2.73. The van der Waals surface area contributed by atoms with E-state index in [0.29, 0.717) is 29.1 Å². The number of methoxy groups -OCH3 is 1. The number of rotatable bonds is 7. The SMILES string of the molecule is COc1cccc(CNC(=O)c2cccc(NS(=O)(=O)c3cc(C)ccc3C)c2)c1. The maximum absolute atomic E-state index is 12.8. The molecule has 0 heterocycles. The fraction of sp³-hybridized carbons (Fsp3) is 0.174. The lowest BCUT2D eigenvalue weighted by Gasteiger charge is -2.12. The second kappa shape index (κ2) is 9.00. The highest BCUT2D eigenvalue weighted by Gasteiger charge is 2.18. The molecule has 0 aliphatic carbocycles. The molecule has 3 aromatic carbocycles. The van der Waals surface area contributed by atoms with Crippen molar-refractivity contribution in [3.05, 3.63) is 89.0 Å². The molecule has 0 aliphatic heterocycles. The Hall–Kier alpha value is -3.32. The number of carbonyl (C=O) groups is 1. The van der Waals surface area contributed by atoms with Crippen LogP contribution in [0.15, 0.2) is 71.6 Å². The Morgan fingerprint density at radius 3 is 2.50 bits per heavy atom. The lowest BCUT2D eigenvalue weighted by molar-refractivity contribution is 0.0951. The molecular formula is C23H24N2O4S. The molecular weight excluding hydrogens is 400 g/mol. The van der Waals surface area contributed by atoms with Gasteiger partial charge in [0.25, 0.3) is 15.9 Å². The van der Waals surface area contributed by atoms with Crippen LogP contribution in [0.3, 0.4) is 0 Å². The van der Waals surface area contributed by atoms with Gasteiger partial charge in [-0.15, -0.1) is 0 Å². The van der Waals surface area contributed by atoms with Gasteiger partial charge < -0.3 is 10.1 Å². The number of amides is 1. The molecule has 156 valence electrons. The summed E-state index contributed by atoms with van der Waals surface area (Å²) in [5.41, 5.74) is 3.09. The number of aryl methyl sites for hydroxylation is 2. The maximum atomic E-state index is 12.8. The van der Waals surface area contributed by atoms with Crippen molar-refractivity contribution in [1.82, 2.24) is 5.32 Å². The van der Waals surface area contributed by atoms with Crippen LogP contribution >= 0.6 is 0 Å². The summed E-state index contributed by atoms with van der Waals surface area (Å²) in [7, 11) is -2.18. The first-order valence-electron chi connectivity index (χ1n) is 9.40. The fourth-order valence-corrected chi connectivity index (χ4v) is 4.38. The van der Waals surface area contributed by atoms with Crippen LogP contribution in [0.4, 0.5) is 5.69 Å². The van der Waals surface area contributed by atoms with E-state index in [0.717, 1.165) is 11.1 Å². The number of carbonyl (C=O) groups excluding carboxylic acids is 1. The van der Waals surface area contributed by atoms with Gasteiger partial charge in [0.15, 0.2) is 0 Å². The van der Waals surface area contributed by atoms with E-state index in [4.69, 9.17) is 4.74 Å². The minimum absolute atomic E-state index is 0.218. The molecule has 0 atom stereocenters. The molecule has 7 heteroatoms. The zero-order valence-electron chi connectivity index (χ0n) is 17.1. The van der Waals surface area contributed by atoms with Crippen LogP contribution in [0.2, 0.25) is 0 Å². The first kappa shape index (κ1) is 21.4. The molecule has 0 radical (unpaired) electrons. The van der Waals surface area contributed by atoms with E-state index in [-0.39, 0.29) is 10.8 Å². The third-order valence-electron chi connectivity index (χ3n) is 4.60. The number of ether oxygens (including phenoxy) is 1. The number of hydrogen-bond acceptors (Lipinski definition) is 4. The summed E-state index contributed by atoms with van der Waals surface area (Å²) in [5.74, 6) is 0.412. The molecule has 0 unspecified atom stereocenters. The molecule has 0 aromatic heterocycles. The van der Waals surface area contributed by atoms with Crippen LogP contribution in [0.5, 0.6) is 5.75 Å². The Labute approximate surface area is 177 Å². The molecule has 30 heavy (non-hydrogen) atoms. The Morgan fingerprint density at radius 1 is 0.967 bits per heavy atom. The first-order valence-corrected chi connectivity index (χ1v) is 10.9. The second-order valence-electron chi connectivity index (χ2n) is 6.99. The van der Waals surface area contributed by atoms with Crippen LogP contribution in [-0.4, -0.2) is 21.4 Å². The van der Waals surface area contributed by atoms with Crippen molar-refractivity contribution >= 4 is 21.6 Å². The summed E-state index contributed by atoms with van der Waals surface area (Å²) < 4.78 is 33.4. The smallest absolute Gasteiger partial charge is 0.262 e. The molecule has 3 rings (SSSR count). The lowest BCUT2D eigenvalue weighted by atomic mass is 10.1. The van der Waals surface area contributed by atoms with Gasteiger partial charge in [-0.25, -0.2) is 8.42 Å². The zero-order valence-corrected chi connectivity index (χ0v) is 17.9. The van der Waals surface area contributed by atoms with E-state index in [1.165, 1.54) is 6.07 Å². The van der Waals surface area contributed by atoms with Gasteiger partial charge in [-0.2, -0.15) is 0 Å². The summed E-state index contributed by atoms with van der Waals surface area (Å²) in [6, 6.07) is 19.1. The van der Waals surface area contributed by atoms with Gasteiger partial charge in [0.1, 0.15) is 5.75 Å². The Balaban J connectivity index is 1.73.